The van der Waals surface area contributed by atoms with Crippen LogP contribution >= 0.6 is 0 Å². The van der Waals surface area contributed by atoms with Crippen molar-refractivity contribution in [1.29, 1.82) is 0 Å². The summed E-state index contributed by atoms with van der Waals surface area (Å²) in [5, 5.41) is 1.12. The summed E-state index contributed by atoms with van der Waals surface area (Å²) in [5.41, 5.74) is 0. The molecule has 29 heavy (non-hydrogen) atoms. The topological polar surface area (TPSA) is 36.9 Å². The molecule has 0 fully saturated rings. The van der Waals surface area contributed by atoms with Crippen LogP contribution in [0.3, 0.4) is 0 Å². The Hall–Kier alpha value is -1.49. The second-order valence-electron chi connectivity index (χ2n) is 10.1. The van der Waals surface area contributed by atoms with E-state index >= 15 is 0 Å². The van der Waals surface area contributed by atoms with Crippen molar-refractivity contribution in [2.75, 3.05) is 0 Å². The Bertz CT molecular complexity index is 806. The van der Waals surface area contributed by atoms with Gasteiger partial charge < -0.3 is 17.7 Å². The molecule has 2 rings (SSSR count). The van der Waals surface area contributed by atoms with Crippen molar-refractivity contribution in [3.05, 3.63) is 42.5 Å². The van der Waals surface area contributed by atoms with Crippen molar-refractivity contribution < 1.29 is 17.7 Å². The van der Waals surface area contributed by atoms with E-state index in [1.807, 2.05) is 36.4 Å². The smallest absolute Gasteiger partial charge is 0.255 e. The molecule has 0 N–H and O–H groups in total. The van der Waals surface area contributed by atoms with Crippen molar-refractivity contribution in [3.63, 3.8) is 0 Å². The predicted octanol–water partition coefficient (Wildman–Crippen LogP) is 5.12. The zero-order valence-corrected chi connectivity index (χ0v) is 23.8. The van der Waals surface area contributed by atoms with Crippen LogP contribution in [0.4, 0.5) is 0 Å². The van der Waals surface area contributed by atoms with Crippen LogP contribution in [-0.2, 0) is 0 Å². The van der Waals surface area contributed by atoms with E-state index in [0.717, 1.165) is 28.2 Å². The van der Waals surface area contributed by atoms with Crippen LogP contribution in [0.1, 0.15) is 0 Å². The Morgan fingerprint density at radius 1 is 0.586 bits per heavy atom. The summed E-state index contributed by atoms with van der Waals surface area (Å²) in [4.78, 5) is 0. The van der Waals surface area contributed by atoms with Crippen LogP contribution in [0.15, 0.2) is 42.5 Å². The first-order chi connectivity index (χ1) is 13.2. The average Bonchev–Trinajstić information content (AvgIpc) is 2.54. The predicted molar refractivity (Wildman–Crippen MR) is 134 cm³/mol. The summed E-state index contributed by atoms with van der Waals surface area (Å²) in [6.45, 7) is 19.7. The third-order valence-electron chi connectivity index (χ3n) is 3.53. The molecular formula is C21H36O4Si4. The minimum atomic E-state index is -1.88. The van der Waals surface area contributed by atoms with Gasteiger partial charge in [0.15, 0.2) is 11.5 Å². The van der Waals surface area contributed by atoms with Crippen LogP contribution in [0.25, 0.3) is 0 Å². The van der Waals surface area contributed by atoms with Crippen LogP contribution < -0.4 is 22.9 Å². The molecule has 0 saturated carbocycles. The second kappa shape index (κ2) is 9.11. The molecule has 0 bridgehead atoms. The van der Waals surface area contributed by atoms with Crippen molar-refractivity contribution in [1.82, 2.24) is 0 Å². The van der Waals surface area contributed by atoms with E-state index in [1.165, 1.54) is 0 Å². The van der Waals surface area contributed by atoms with Gasteiger partial charge in [-0.15, -0.1) is 0 Å². The SMILES string of the molecule is C[Si](C)(C)Oc1ccc([SiH2]Oc2ccccc2)c(O[Si](C)(C)C)c1O[Si](C)(C)C. The number of rotatable bonds is 9. The van der Waals surface area contributed by atoms with E-state index in [2.05, 4.69) is 65.0 Å². The number of para-hydroxylation sites is 1. The Kier molecular flexibility index (Phi) is 7.47. The first-order valence-electron chi connectivity index (χ1n) is 10.1. The maximum absolute atomic E-state index is 6.58. The van der Waals surface area contributed by atoms with Crippen molar-refractivity contribution >= 4 is 39.9 Å². The lowest BCUT2D eigenvalue weighted by atomic mass is 10.3. The van der Waals surface area contributed by atoms with Gasteiger partial charge in [-0.2, -0.15) is 0 Å². The second-order valence-corrected chi connectivity index (χ2v) is 24.8. The molecule has 0 heterocycles. The van der Waals surface area contributed by atoms with E-state index in [-0.39, 0.29) is 0 Å². The molecule has 0 aromatic heterocycles. The minimum Gasteiger partial charge on any atom is -0.545 e. The third-order valence-corrected chi connectivity index (χ3v) is 7.34. The molecular weight excluding hydrogens is 429 g/mol. The molecule has 0 unspecified atom stereocenters. The number of hydrogen-bond acceptors (Lipinski definition) is 4. The van der Waals surface area contributed by atoms with Crippen LogP contribution in [0.5, 0.6) is 23.0 Å². The van der Waals surface area contributed by atoms with Crippen LogP contribution in [0.2, 0.25) is 58.9 Å². The van der Waals surface area contributed by atoms with Gasteiger partial charge in [0.2, 0.25) is 25.0 Å². The van der Waals surface area contributed by atoms with Gasteiger partial charge in [0, 0.05) is 5.19 Å². The van der Waals surface area contributed by atoms with Gasteiger partial charge in [0.1, 0.15) is 11.5 Å². The first-order valence-corrected chi connectivity index (χ1v) is 21.7. The highest BCUT2D eigenvalue weighted by atomic mass is 28.4. The van der Waals surface area contributed by atoms with Gasteiger partial charge in [-0.25, -0.2) is 0 Å². The first kappa shape index (κ1) is 23.8. The van der Waals surface area contributed by atoms with Crippen molar-refractivity contribution in [3.8, 4) is 23.0 Å². The molecule has 0 spiro atoms. The van der Waals surface area contributed by atoms with E-state index in [0.29, 0.717) is 0 Å². The highest BCUT2D eigenvalue weighted by Crippen LogP contribution is 2.40. The van der Waals surface area contributed by atoms with Crippen LogP contribution in [0, 0.1) is 0 Å². The maximum Gasteiger partial charge on any atom is 0.255 e. The van der Waals surface area contributed by atoms with E-state index in [4.69, 9.17) is 17.7 Å². The molecule has 0 aliphatic rings. The molecule has 2 aromatic rings. The molecule has 0 atom stereocenters. The highest BCUT2D eigenvalue weighted by Gasteiger charge is 2.30. The van der Waals surface area contributed by atoms with E-state index in [9.17, 15) is 0 Å². The van der Waals surface area contributed by atoms with Crippen molar-refractivity contribution in [2.24, 2.45) is 0 Å². The summed E-state index contributed by atoms with van der Waals surface area (Å²) in [6.07, 6.45) is 0. The summed E-state index contributed by atoms with van der Waals surface area (Å²) in [5.74, 6) is 3.31. The summed E-state index contributed by atoms with van der Waals surface area (Å²) in [7, 11) is -6.60. The zero-order chi connectivity index (χ0) is 21.9. The van der Waals surface area contributed by atoms with E-state index in [1.54, 1.807) is 0 Å². The molecule has 0 radical (unpaired) electrons. The summed E-state index contributed by atoms with van der Waals surface area (Å²) in [6, 6.07) is 14.1. The summed E-state index contributed by atoms with van der Waals surface area (Å²) >= 11 is 0. The van der Waals surface area contributed by atoms with Gasteiger partial charge in [0.25, 0.3) is 9.76 Å². The molecule has 160 valence electrons. The molecule has 2 aromatic carbocycles. The third kappa shape index (κ3) is 8.41. The largest absolute Gasteiger partial charge is 0.545 e. The lowest BCUT2D eigenvalue weighted by Crippen LogP contribution is -2.37. The number of hydrogen-bond donors (Lipinski definition) is 0. The Labute approximate surface area is 181 Å². The normalized spacial score (nSPS) is 12.9. The average molecular weight is 465 g/mol. The molecule has 0 aliphatic carbocycles. The fourth-order valence-electron chi connectivity index (χ4n) is 2.61. The van der Waals surface area contributed by atoms with Crippen LogP contribution in [-0.4, -0.2) is 34.7 Å². The zero-order valence-electron chi connectivity index (χ0n) is 19.4. The molecule has 8 heteroatoms. The lowest BCUT2D eigenvalue weighted by molar-refractivity contribution is 0.455. The fourth-order valence-corrected chi connectivity index (χ4v) is 6.31. The minimum absolute atomic E-state index is 0.774. The van der Waals surface area contributed by atoms with E-state index < -0.39 is 34.7 Å². The summed E-state index contributed by atoms with van der Waals surface area (Å²) < 4.78 is 25.7. The molecule has 0 amide bonds. The van der Waals surface area contributed by atoms with Gasteiger partial charge in [0.05, 0.1) is 0 Å². The monoisotopic (exact) mass is 464 g/mol. The standard InChI is InChI=1S/C21H36O4Si4/c1-27(2,3)23-18-15-16-19(26-22-17-13-11-10-12-14-17)21(25-29(7,8)9)20(18)24-28(4,5)6/h10-16H,26H2,1-9H3. The Balaban J connectivity index is 2.52. The Morgan fingerprint density at radius 2 is 1.10 bits per heavy atom. The molecule has 0 aliphatic heterocycles. The van der Waals surface area contributed by atoms with Gasteiger partial charge in [-0.05, 0) is 77.1 Å². The number of benzene rings is 2. The quantitative estimate of drug-likeness (QED) is 0.483. The maximum atomic E-state index is 6.58. The lowest BCUT2D eigenvalue weighted by Gasteiger charge is -2.31. The van der Waals surface area contributed by atoms with Gasteiger partial charge >= 0.3 is 0 Å². The fraction of sp³-hybridized carbons (Fsp3) is 0.429. The van der Waals surface area contributed by atoms with Gasteiger partial charge in [-0.1, -0.05) is 24.3 Å². The van der Waals surface area contributed by atoms with Crippen molar-refractivity contribution in [2.45, 2.75) is 58.9 Å². The molecule has 0 saturated heterocycles. The Morgan fingerprint density at radius 3 is 1.62 bits per heavy atom. The van der Waals surface area contributed by atoms with Gasteiger partial charge in [-0.3, -0.25) is 0 Å². The highest BCUT2D eigenvalue weighted by molar-refractivity contribution is 6.72. The molecule has 4 nitrogen and oxygen atoms in total.